The Kier molecular flexibility index (Phi) is 3.69. The van der Waals surface area contributed by atoms with E-state index in [1.54, 1.807) is 11.1 Å². The van der Waals surface area contributed by atoms with Crippen molar-refractivity contribution in [3.63, 3.8) is 0 Å². The fraction of sp³-hybridized carbons (Fsp3) is 0.200. The minimum absolute atomic E-state index is 0.0318. The van der Waals surface area contributed by atoms with E-state index in [9.17, 15) is 4.79 Å². The Bertz CT molecular complexity index is 595. The van der Waals surface area contributed by atoms with Gasteiger partial charge < -0.3 is 9.64 Å². The number of benzene rings is 1. The summed E-state index contributed by atoms with van der Waals surface area (Å²) < 4.78 is 6.64. The van der Waals surface area contributed by atoms with Crippen molar-refractivity contribution in [1.82, 2.24) is 9.88 Å². The zero-order chi connectivity index (χ0) is 13.9. The molecule has 1 fully saturated rings. The zero-order valence-electron chi connectivity index (χ0n) is 10.7. The molecule has 2 heterocycles. The van der Waals surface area contributed by atoms with Crippen LogP contribution in [-0.4, -0.2) is 35.0 Å². The van der Waals surface area contributed by atoms with Crippen molar-refractivity contribution >= 4 is 21.8 Å². The van der Waals surface area contributed by atoms with Crippen molar-refractivity contribution < 1.29 is 9.53 Å². The molecular formula is C15H13BrN2O2. The van der Waals surface area contributed by atoms with Crippen LogP contribution in [0.1, 0.15) is 10.4 Å². The number of ether oxygens (including phenoxy) is 1. The predicted molar refractivity (Wildman–Crippen MR) is 78.7 cm³/mol. The highest BCUT2D eigenvalue weighted by atomic mass is 79.9. The molecule has 3 rings (SSSR count). The number of rotatable bonds is 3. The molecular weight excluding hydrogens is 320 g/mol. The topological polar surface area (TPSA) is 42.4 Å². The normalized spacial score (nSPS) is 14.8. The molecule has 0 radical (unpaired) electrons. The second-order valence-corrected chi connectivity index (χ2v) is 5.54. The Hall–Kier alpha value is -1.88. The Balaban J connectivity index is 1.55. The summed E-state index contributed by atoms with van der Waals surface area (Å²) in [7, 11) is 0. The molecule has 0 N–H and O–H groups in total. The Morgan fingerprint density at radius 3 is 2.60 bits per heavy atom. The lowest BCUT2D eigenvalue weighted by Gasteiger charge is -2.38. The molecule has 0 aliphatic carbocycles. The molecule has 1 amide bonds. The number of hydrogen-bond donors (Lipinski definition) is 0. The van der Waals surface area contributed by atoms with Crippen LogP contribution < -0.4 is 4.74 Å². The number of aromatic nitrogens is 1. The molecule has 0 atom stereocenters. The van der Waals surface area contributed by atoms with Crippen LogP contribution in [-0.2, 0) is 0 Å². The smallest absolute Gasteiger partial charge is 0.254 e. The number of halogens is 1. The van der Waals surface area contributed by atoms with Crippen LogP contribution in [0.5, 0.6) is 5.88 Å². The Morgan fingerprint density at radius 2 is 1.95 bits per heavy atom. The maximum atomic E-state index is 12.2. The summed E-state index contributed by atoms with van der Waals surface area (Å²) in [4.78, 5) is 18.1. The number of hydrogen-bond acceptors (Lipinski definition) is 3. The lowest BCUT2D eigenvalue weighted by molar-refractivity contribution is 0.0160. The molecule has 5 heteroatoms. The van der Waals surface area contributed by atoms with E-state index in [1.807, 2.05) is 42.5 Å². The van der Waals surface area contributed by atoms with Gasteiger partial charge in [0, 0.05) is 22.3 Å². The van der Waals surface area contributed by atoms with Gasteiger partial charge in [-0.15, -0.1) is 0 Å². The first-order chi connectivity index (χ1) is 9.72. The van der Waals surface area contributed by atoms with Gasteiger partial charge in [-0.2, -0.15) is 0 Å². The zero-order valence-corrected chi connectivity index (χ0v) is 12.3. The lowest BCUT2D eigenvalue weighted by atomic mass is 10.1. The van der Waals surface area contributed by atoms with E-state index >= 15 is 0 Å². The molecule has 1 saturated heterocycles. The minimum atomic E-state index is 0.0318. The molecule has 0 unspecified atom stereocenters. The van der Waals surface area contributed by atoms with Crippen LogP contribution >= 0.6 is 15.9 Å². The van der Waals surface area contributed by atoms with Gasteiger partial charge in [0.15, 0.2) is 0 Å². The lowest BCUT2D eigenvalue weighted by Crippen LogP contribution is -2.56. The Morgan fingerprint density at radius 1 is 1.20 bits per heavy atom. The van der Waals surface area contributed by atoms with E-state index in [1.165, 1.54) is 0 Å². The molecule has 0 bridgehead atoms. The molecule has 20 heavy (non-hydrogen) atoms. The van der Waals surface area contributed by atoms with E-state index in [0.717, 1.165) is 4.47 Å². The second kappa shape index (κ2) is 5.63. The summed E-state index contributed by atoms with van der Waals surface area (Å²) in [6.45, 7) is 1.21. The monoisotopic (exact) mass is 332 g/mol. The molecule has 4 nitrogen and oxygen atoms in total. The first-order valence-electron chi connectivity index (χ1n) is 6.35. The van der Waals surface area contributed by atoms with Crippen molar-refractivity contribution in [2.24, 2.45) is 0 Å². The van der Waals surface area contributed by atoms with Gasteiger partial charge in [-0.25, -0.2) is 4.98 Å². The van der Waals surface area contributed by atoms with Gasteiger partial charge in [0.1, 0.15) is 6.10 Å². The second-order valence-electron chi connectivity index (χ2n) is 4.62. The van der Waals surface area contributed by atoms with Gasteiger partial charge >= 0.3 is 0 Å². The highest BCUT2D eigenvalue weighted by molar-refractivity contribution is 9.10. The number of carbonyl (C=O) groups is 1. The van der Waals surface area contributed by atoms with Gasteiger partial charge in [0.05, 0.1) is 13.1 Å². The number of nitrogens with zero attached hydrogens (tertiary/aromatic N) is 2. The van der Waals surface area contributed by atoms with Gasteiger partial charge in [0.25, 0.3) is 5.91 Å². The number of carbonyl (C=O) groups excluding carboxylic acids is 1. The molecule has 1 aliphatic heterocycles. The molecule has 1 aromatic carbocycles. The fourth-order valence-electron chi connectivity index (χ4n) is 2.04. The van der Waals surface area contributed by atoms with Crippen molar-refractivity contribution in [1.29, 1.82) is 0 Å². The van der Waals surface area contributed by atoms with Crippen molar-refractivity contribution in [2.45, 2.75) is 6.10 Å². The average Bonchev–Trinajstić information content (AvgIpc) is 2.44. The molecule has 1 aliphatic rings. The number of pyridine rings is 1. The fourth-order valence-corrected chi connectivity index (χ4v) is 2.31. The summed E-state index contributed by atoms with van der Waals surface area (Å²) in [5.74, 6) is 0.645. The summed E-state index contributed by atoms with van der Waals surface area (Å²) in [6.07, 6.45) is 1.72. The van der Waals surface area contributed by atoms with Gasteiger partial charge in [0.2, 0.25) is 5.88 Å². The van der Waals surface area contributed by atoms with E-state index in [0.29, 0.717) is 24.5 Å². The summed E-state index contributed by atoms with van der Waals surface area (Å²) in [6, 6.07) is 12.9. The number of amides is 1. The predicted octanol–water partition coefficient (Wildman–Crippen LogP) is 2.75. The largest absolute Gasteiger partial charge is 0.471 e. The molecule has 1 aromatic heterocycles. The highest BCUT2D eigenvalue weighted by Gasteiger charge is 2.32. The maximum absolute atomic E-state index is 12.2. The van der Waals surface area contributed by atoms with E-state index in [-0.39, 0.29) is 12.0 Å². The molecule has 102 valence electrons. The van der Waals surface area contributed by atoms with Crippen LogP contribution in [0.4, 0.5) is 0 Å². The van der Waals surface area contributed by atoms with Crippen molar-refractivity contribution in [3.05, 3.63) is 58.7 Å². The van der Waals surface area contributed by atoms with Gasteiger partial charge in [-0.3, -0.25) is 4.79 Å². The van der Waals surface area contributed by atoms with Crippen molar-refractivity contribution in [2.75, 3.05) is 13.1 Å². The third-order valence-corrected chi connectivity index (χ3v) is 3.68. The van der Waals surface area contributed by atoms with Crippen LogP contribution in [0.15, 0.2) is 53.1 Å². The Labute approximate surface area is 125 Å². The van der Waals surface area contributed by atoms with Gasteiger partial charge in [-0.1, -0.05) is 22.0 Å². The average molecular weight is 333 g/mol. The van der Waals surface area contributed by atoms with Crippen LogP contribution in [0.2, 0.25) is 0 Å². The first-order valence-corrected chi connectivity index (χ1v) is 7.14. The van der Waals surface area contributed by atoms with E-state index < -0.39 is 0 Å². The molecule has 0 saturated carbocycles. The van der Waals surface area contributed by atoms with Gasteiger partial charge in [-0.05, 0) is 30.3 Å². The van der Waals surface area contributed by atoms with Crippen LogP contribution in [0, 0.1) is 0 Å². The quantitative estimate of drug-likeness (QED) is 0.867. The third kappa shape index (κ3) is 2.82. The SMILES string of the molecule is O=C(c1ccc(Br)cc1)N1CC(Oc2ccccn2)C1. The van der Waals surface area contributed by atoms with E-state index in [2.05, 4.69) is 20.9 Å². The third-order valence-electron chi connectivity index (χ3n) is 3.15. The molecule has 0 spiro atoms. The standard InChI is InChI=1S/C15H13BrN2O2/c16-12-6-4-11(5-7-12)15(19)18-9-13(10-18)20-14-3-1-2-8-17-14/h1-8,13H,9-10H2. The van der Waals surface area contributed by atoms with Crippen LogP contribution in [0.3, 0.4) is 0 Å². The van der Waals surface area contributed by atoms with E-state index in [4.69, 9.17) is 4.74 Å². The highest BCUT2D eigenvalue weighted by Crippen LogP contribution is 2.19. The number of likely N-dealkylation sites (tertiary alicyclic amines) is 1. The minimum Gasteiger partial charge on any atom is -0.471 e. The molecule has 2 aromatic rings. The summed E-state index contributed by atoms with van der Waals surface area (Å²) in [5.41, 5.74) is 0.699. The summed E-state index contributed by atoms with van der Waals surface area (Å²) >= 11 is 3.36. The summed E-state index contributed by atoms with van der Waals surface area (Å²) in [5, 5.41) is 0. The van der Waals surface area contributed by atoms with Crippen molar-refractivity contribution in [3.8, 4) is 5.88 Å². The first kappa shape index (κ1) is 13.1. The van der Waals surface area contributed by atoms with Crippen LogP contribution in [0.25, 0.3) is 0 Å². The maximum Gasteiger partial charge on any atom is 0.254 e.